The highest BCUT2D eigenvalue weighted by atomic mass is 15.1. The van der Waals surface area contributed by atoms with Gasteiger partial charge in [0.1, 0.15) is 5.69 Å². The van der Waals surface area contributed by atoms with Crippen molar-refractivity contribution in [2.24, 2.45) is 0 Å². The van der Waals surface area contributed by atoms with Gasteiger partial charge in [0, 0.05) is 38.1 Å². The Morgan fingerprint density at radius 3 is 1.81 bits per heavy atom. The first-order valence-corrected chi connectivity index (χ1v) is 17.8. The molecule has 0 spiro atoms. The zero-order valence-corrected chi connectivity index (χ0v) is 28.0. The highest BCUT2D eigenvalue weighted by molar-refractivity contribution is 6.31. The maximum absolute atomic E-state index is 5.74. The molecule has 52 heavy (non-hydrogen) atoms. The van der Waals surface area contributed by atoms with E-state index in [2.05, 4.69) is 179 Å². The van der Waals surface area contributed by atoms with Crippen LogP contribution in [0.25, 0.3) is 110 Å². The van der Waals surface area contributed by atoms with E-state index in [1.54, 1.807) is 0 Å². The maximum Gasteiger partial charge on any atom is 0.165 e. The van der Waals surface area contributed by atoms with Crippen molar-refractivity contribution in [1.82, 2.24) is 18.9 Å². The zero-order valence-electron chi connectivity index (χ0n) is 28.0. The van der Waals surface area contributed by atoms with Crippen LogP contribution in [0, 0.1) is 0 Å². The summed E-state index contributed by atoms with van der Waals surface area (Å²) in [5.41, 5.74) is 11.7. The number of hydrogen-bond donors (Lipinski definition) is 0. The Morgan fingerprint density at radius 2 is 0.981 bits per heavy atom. The van der Waals surface area contributed by atoms with E-state index < -0.39 is 0 Å². The van der Waals surface area contributed by atoms with Crippen molar-refractivity contribution in [2.75, 3.05) is 0 Å². The molecule has 4 aromatic heterocycles. The number of benzene rings is 8. The molecule has 240 valence electrons. The molecule has 0 fully saturated rings. The summed E-state index contributed by atoms with van der Waals surface area (Å²) in [5, 5.41) is 9.76. The predicted octanol–water partition coefficient (Wildman–Crippen LogP) is 12.4. The summed E-state index contributed by atoms with van der Waals surface area (Å²) in [6, 6.07) is 60.9. The lowest BCUT2D eigenvalue weighted by molar-refractivity contribution is 1.08. The summed E-state index contributed by atoms with van der Waals surface area (Å²) in [4.78, 5) is 11.3. The van der Waals surface area contributed by atoms with Gasteiger partial charge in [0.2, 0.25) is 0 Å². The molecule has 0 aliphatic heterocycles. The Hall–Kier alpha value is -7.04. The first-order valence-electron chi connectivity index (χ1n) is 17.8. The highest BCUT2D eigenvalue weighted by Crippen LogP contribution is 2.45. The SMILES string of the molecule is c1ccc(-c2nc3cc4ccccc4c(-c4ccccc4)c3nc2-n2c3cccc4c5cccc6c7ccccc7n(c7cccc2c7c43)c56)cc1. The van der Waals surface area contributed by atoms with Crippen LogP contribution in [0.3, 0.4) is 0 Å². The third kappa shape index (κ3) is 3.60. The van der Waals surface area contributed by atoms with Gasteiger partial charge < -0.3 is 4.40 Å². The van der Waals surface area contributed by atoms with Gasteiger partial charge in [-0.1, -0.05) is 140 Å². The lowest BCUT2D eigenvalue weighted by atomic mass is 9.96. The van der Waals surface area contributed by atoms with Crippen LogP contribution in [0.4, 0.5) is 0 Å². The van der Waals surface area contributed by atoms with Gasteiger partial charge in [0.15, 0.2) is 5.82 Å². The van der Waals surface area contributed by atoms with Crippen LogP contribution in [-0.2, 0) is 0 Å². The van der Waals surface area contributed by atoms with Gasteiger partial charge >= 0.3 is 0 Å². The molecule has 0 unspecified atom stereocenters. The van der Waals surface area contributed by atoms with E-state index in [0.717, 1.165) is 61.0 Å². The molecule has 0 N–H and O–H groups in total. The predicted molar refractivity (Wildman–Crippen MR) is 217 cm³/mol. The van der Waals surface area contributed by atoms with E-state index in [0.29, 0.717) is 0 Å². The van der Waals surface area contributed by atoms with Crippen molar-refractivity contribution in [3.63, 3.8) is 0 Å². The molecule has 4 heterocycles. The molecule has 0 saturated carbocycles. The smallest absolute Gasteiger partial charge is 0.165 e. The van der Waals surface area contributed by atoms with Crippen molar-refractivity contribution < 1.29 is 0 Å². The summed E-state index contributed by atoms with van der Waals surface area (Å²) in [7, 11) is 0. The molecule has 0 bridgehead atoms. The Balaban J connectivity index is 1.32. The van der Waals surface area contributed by atoms with Gasteiger partial charge in [-0.15, -0.1) is 0 Å². The maximum atomic E-state index is 5.74. The summed E-state index contributed by atoms with van der Waals surface area (Å²) >= 11 is 0. The molecule has 4 nitrogen and oxygen atoms in total. The largest absolute Gasteiger partial charge is 0.308 e. The minimum absolute atomic E-state index is 0.817. The quantitative estimate of drug-likeness (QED) is 0.177. The van der Waals surface area contributed by atoms with Crippen LogP contribution < -0.4 is 0 Å². The van der Waals surface area contributed by atoms with Gasteiger partial charge in [0.05, 0.1) is 38.6 Å². The van der Waals surface area contributed by atoms with Gasteiger partial charge in [-0.05, 0) is 52.1 Å². The molecule has 0 atom stereocenters. The van der Waals surface area contributed by atoms with E-state index >= 15 is 0 Å². The topological polar surface area (TPSA) is 35.1 Å². The second kappa shape index (κ2) is 10.3. The van der Waals surface area contributed by atoms with E-state index in [1.807, 2.05) is 0 Å². The molecule has 0 radical (unpaired) electrons. The van der Waals surface area contributed by atoms with Crippen LogP contribution in [0.1, 0.15) is 0 Å². The second-order valence-corrected chi connectivity index (χ2v) is 13.7. The lowest BCUT2D eigenvalue weighted by Gasteiger charge is -2.17. The van der Waals surface area contributed by atoms with Crippen molar-refractivity contribution >= 4 is 81.7 Å². The molecular weight excluding hydrogens is 633 g/mol. The van der Waals surface area contributed by atoms with E-state index in [1.165, 1.54) is 48.9 Å². The van der Waals surface area contributed by atoms with Crippen LogP contribution in [0.15, 0.2) is 170 Å². The fraction of sp³-hybridized carbons (Fsp3) is 0. The third-order valence-electron chi connectivity index (χ3n) is 11.0. The van der Waals surface area contributed by atoms with Crippen LogP contribution in [0.2, 0.25) is 0 Å². The number of nitrogens with zero attached hydrogens (tertiary/aromatic N) is 4. The molecule has 0 aliphatic rings. The molecule has 12 rings (SSSR count). The Bertz CT molecular complexity index is 3390. The van der Waals surface area contributed by atoms with Gasteiger partial charge in [-0.2, -0.15) is 0 Å². The highest BCUT2D eigenvalue weighted by Gasteiger charge is 2.25. The fourth-order valence-electron chi connectivity index (χ4n) is 8.91. The molecular formula is C48H28N4. The molecule has 0 amide bonds. The standard InChI is InChI=1S/C48H28N4/c1-3-14-29(15-4-1)42-32-19-8-7-18-31(32)28-37-46(42)50-48(45(49-37)30-16-5-2-6-17-30)52-39-25-12-21-34-36-23-11-22-35-33-20-9-10-24-38(33)51(47(35)36)40-26-13-27-41(52)44(40)43(34)39/h1-28H. The number of hydrogen-bond acceptors (Lipinski definition) is 2. The Morgan fingerprint density at radius 1 is 0.404 bits per heavy atom. The number of para-hydroxylation sites is 2. The Kier molecular flexibility index (Phi) is 5.47. The van der Waals surface area contributed by atoms with Crippen molar-refractivity contribution in [1.29, 1.82) is 0 Å². The normalized spacial score (nSPS) is 12.2. The third-order valence-corrected chi connectivity index (χ3v) is 11.0. The average molecular weight is 661 g/mol. The van der Waals surface area contributed by atoms with Gasteiger partial charge in [-0.25, -0.2) is 9.97 Å². The first-order chi connectivity index (χ1) is 25.8. The van der Waals surface area contributed by atoms with Crippen LogP contribution in [0.5, 0.6) is 0 Å². The van der Waals surface area contributed by atoms with Gasteiger partial charge in [0.25, 0.3) is 0 Å². The number of aromatic nitrogens is 4. The second-order valence-electron chi connectivity index (χ2n) is 13.7. The van der Waals surface area contributed by atoms with Crippen LogP contribution >= 0.6 is 0 Å². The fourth-order valence-corrected chi connectivity index (χ4v) is 8.91. The average Bonchev–Trinajstić information content (AvgIpc) is 3.69. The summed E-state index contributed by atoms with van der Waals surface area (Å²) < 4.78 is 4.85. The summed E-state index contributed by atoms with van der Waals surface area (Å²) in [5.74, 6) is 0.817. The zero-order chi connectivity index (χ0) is 33.9. The lowest BCUT2D eigenvalue weighted by Crippen LogP contribution is -2.05. The molecule has 0 saturated heterocycles. The van der Waals surface area contributed by atoms with Crippen molar-refractivity contribution in [2.45, 2.75) is 0 Å². The van der Waals surface area contributed by atoms with Crippen LogP contribution in [-0.4, -0.2) is 18.9 Å². The first kappa shape index (κ1) is 27.7. The molecule has 8 aromatic carbocycles. The van der Waals surface area contributed by atoms with E-state index in [-0.39, 0.29) is 0 Å². The summed E-state index contributed by atoms with van der Waals surface area (Å²) in [6.07, 6.45) is 0. The van der Waals surface area contributed by atoms with E-state index in [4.69, 9.17) is 9.97 Å². The van der Waals surface area contributed by atoms with Crippen molar-refractivity contribution in [3.05, 3.63) is 170 Å². The minimum Gasteiger partial charge on any atom is -0.308 e. The Labute approximate surface area is 297 Å². The van der Waals surface area contributed by atoms with Crippen molar-refractivity contribution in [3.8, 4) is 28.2 Å². The summed E-state index contributed by atoms with van der Waals surface area (Å²) in [6.45, 7) is 0. The molecule has 4 heteroatoms. The monoisotopic (exact) mass is 660 g/mol. The number of fused-ring (bicyclic) bond motifs is 7. The minimum atomic E-state index is 0.817. The van der Waals surface area contributed by atoms with Gasteiger partial charge in [-0.3, -0.25) is 4.57 Å². The number of rotatable bonds is 3. The molecule has 0 aliphatic carbocycles. The molecule has 12 aromatic rings. The van der Waals surface area contributed by atoms with E-state index in [9.17, 15) is 0 Å².